The SMILES string of the molecule is NC(=O)CC(Nc1ccccc1Cl)C(N)=O. The van der Waals surface area contributed by atoms with Crippen LogP contribution in [0.5, 0.6) is 0 Å². The lowest BCUT2D eigenvalue weighted by atomic mass is 10.1. The highest BCUT2D eigenvalue weighted by Gasteiger charge is 2.18. The molecule has 0 fully saturated rings. The Labute approximate surface area is 97.7 Å². The molecule has 0 aliphatic heterocycles. The number of carbonyl (C=O) groups excluding carboxylic acids is 2. The van der Waals surface area contributed by atoms with Gasteiger partial charge in [0.1, 0.15) is 6.04 Å². The van der Waals surface area contributed by atoms with E-state index in [-0.39, 0.29) is 6.42 Å². The van der Waals surface area contributed by atoms with E-state index in [4.69, 9.17) is 23.1 Å². The van der Waals surface area contributed by atoms with Gasteiger partial charge < -0.3 is 16.8 Å². The first-order valence-electron chi connectivity index (χ1n) is 4.59. The van der Waals surface area contributed by atoms with Crippen LogP contribution in [0.3, 0.4) is 0 Å². The van der Waals surface area contributed by atoms with E-state index in [2.05, 4.69) is 5.32 Å². The number of hydrogen-bond donors (Lipinski definition) is 3. The van der Waals surface area contributed by atoms with Gasteiger partial charge in [-0.2, -0.15) is 0 Å². The van der Waals surface area contributed by atoms with E-state index in [1.54, 1.807) is 24.3 Å². The van der Waals surface area contributed by atoms with Gasteiger partial charge in [-0.05, 0) is 12.1 Å². The fourth-order valence-corrected chi connectivity index (χ4v) is 1.38. The van der Waals surface area contributed by atoms with Crippen molar-refractivity contribution in [3.63, 3.8) is 0 Å². The molecule has 1 rings (SSSR count). The Morgan fingerprint density at radius 1 is 1.31 bits per heavy atom. The fourth-order valence-electron chi connectivity index (χ4n) is 1.19. The first-order chi connectivity index (χ1) is 7.50. The van der Waals surface area contributed by atoms with Gasteiger partial charge in [0, 0.05) is 0 Å². The molecule has 0 radical (unpaired) electrons. The second kappa shape index (κ2) is 5.37. The van der Waals surface area contributed by atoms with E-state index in [0.717, 1.165) is 0 Å². The van der Waals surface area contributed by atoms with Crippen molar-refractivity contribution in [2.24, 2.45) is 11.5 Å². The summed E-state index contributed by atoms with van der Waals surface area (Å²) in [5.74, 6) is -1.26. The van der Waals surface area contributed by atoms with E-state index in [1.165, 1.54) is 0 Å². The van der Waals surface area contributed by atoms with Crippen LogP contribution in [0.1, 0.15) is 6.42 Å². The topological polar surface area (TPSA) is 98.2 Å². The van der Waals surface area contributed by atoms with Crippen LogP contribution in [0.2, 0.25) is 5.02 Å². The van der Waals surface area contributed by atoms with Crippen molar-refractivity contribution in [1.82, 2.24) is 0 Å². The van der Waals surface area contributed by atoms with Gasteiger partial charge in [-0.15, -0.1) is 0 Å². The average molecular weight is 242 g/mol. The highest BCUT2D eigenvalue weighted by molar-refractivity contribution is 6.33. The molecule has 6 heteroatoms. The first-order valence-corrected chi connectivity index (χ1v) is 4.97. The lowest BCUT2D eigenvalue weighted by Gasteiger charge is -2.15. The lowest BCUT2D eigenvalue weighted by Crippen LogP contribution is -2.38. The Balaban J connectivity index is 2.80. The maximum absolute atomic E-state index is 11.1. The summed E-state index contributed by atoms with van der Waals surface area (Å²) in [4.78, 5) is 21.8. The first kappa shape index (κ1) is 12.3. The number of carbonyl (C=O) groups is 2. The minimum Gasteiger partial charge on any atom is -0.372 e. The summed E-state index contributed by atoms with van der Waals surface area (Å²) in [5, 5.41) is 3.21. The molecule has 0 heterocycles. The summed E-state index contributed by atoms with van der Waals surface area (Å²) < 4.78 is 0. The number of nitrogens with one attached hydrogen (secondary N) is 1. The number of nitrogens with two attached hydrogens (primary N) is 2. The van der Waals surface area contributed by atoms with E-state index >= 15 is 0 Å². The Kier molecular flexibility index (Phi) is 4.13. The van der Waals surface area contributed by atoms with Crippen molar-refractivity contribution < 1.29 is 9.59 Å². The van der Waals surface area contributed by atoms with E-state index in [1.807, 2.05) is 0 Å². The highest BCUT2D eigenvalue weighted by Crippen LogP contribution is 2.21. The van der Waals surface area contributed by atoms with Crippen molar-refractivity contribution in [3.8, 4) is 0 Å². The van der Waals surface area contributed by atoms with Crippen molar-refractivity contribution in [2.45, 2.75) is 12.5 Å². The molecule has 0 aromatic heterocycles. The molecule has 5 N–H and O–H groups in total. The average Bonchev–Trinajstić information content (AvgIpc) is 2.19. The van der Waals surface area contributed by atoms with Gasteiger partial charge in [0.25, 0.3) is 0 Å². The molecule has 1 aromatic rings. The molecule has 86 valence electrons. The van der Waals surface area contributed by atoms with E-state index < -0.39 is 17.9 Å². The van der Waals surface area contributed by atoms with Gasteiger partial charge in [-0.3, -0.25) is 9.59 Å². The van der Waals surface area contributed by atoms with E-state index in [0.29, 0.717) is 10.7 Å². The minimum absolute atomic E-state index is 0.166. The van der Waals surface area contributed by atoms with Crippen molar-refractivity contribution >= 4 is 29.1 Å². The third-order valence-electron chi connectivity index (χ3n) is 1.95. The highest BCUT2D eigenvalue weighted by atomic mass is 35.5. The second-order valence-corrected chi connectivity index (χ2v) is 3.66. The molecule has 2 amide bonds. The normalized spacial score (nSPS) is 11.8. The number of halogens is 1. The van der Waals surface area contributed by atoms with Gasteiger partial charge >= 0.3 is 0 Å². The molecular weight excluding hydrogens is 230 g/mol. The van der Waals surface area contributed by atoms with Crippen LogP contribution in [0.25, 0.3) is 0 Å². The zero-order valence-electron chi connectivity index (χ0n) is 8.44. The summed E-state index contributed by atoms with van der Waals surface area (Å²) in [6.45, 7) is 0. The van der Waals surface area contributed by atoms with Gasteiger partial charge in [-0.25, -0.2) is 0 Å². The molecule has 0 spiro atoms. The van der Waals surface area contributed by atoms with Crippen LogP contribution >= 0.6 is 11.6 Å². The molecule has 0 saturated heterocycles. The fraction of sp³-hybridized carbons (Fsp3) is 0.200. The molecule has 0 bridgehead atoms. The van der Waals surface area contributed by atoms with Crippen LogP contribution in [-0.4, -0.2) is 17.9 Å². The van der Waals surface area contributed by atoms with Crippen LogP contribution in [0.15, 0.2) is 24.3 Å². The smallest absolute Gasteiger partial charge is 0.240 e. The Morgan fingerprint density at radius 3 is 2.44 bits per heavy atom. The van der Waals surface area contributed by atoms with E-state index in [9.17, 15) is 9.59 Å². The number of para-hydroxylation sites is 1. The largest absolute Gasteiger partial charge is 0.372 e. The van der Waals surface area contributed by atoms with Crippen LogP contribution < -0.4 is 16.8 Å². The maximum atomic E-state index is 11.1. The molecule has 5 nitrogen and oxygen atoms in total. The zero-order chi connectivity index (χ0) is 12.1. The summed E-state index contributed by atoms with van der Waals surface area (Å²) >= 11 is 5.88. The molecule has 16 heavy (non-hydrogen) atoms. The third-order valence-corrected chi connectivity index (χ3v) is 2.28. The number of benzene rings is 1. The van der Waals surface area contributed by atoms with Crippen molar-refractivity contribution in [1.29, 1.82) is 0 Å². The van der Waals surface area contributed by atoms with Gasteiger partial charge in [0.15, 0.2) is 0 Å². The molecule has 0 aliphatic rings. The zero-order valence-corrected chi connectivity index (χ0v) is 9.20. The summed E-state index contributed by atoms with van der Waals surface area (Å²) in [7, 11) is 0. The molecule has 0 saturated carbocycles. The number of anilines is 1. The Morgan fingerprint density at radius 2 is 1.94 bits per heavy atom. The van der Waals surface area contributed by atoms with Crippen LogP contribution in [0, 0.1) is 0 Å². The van der Waals surface area contributed by atoms with Crippen molar-refractivity contribution in [2.75, 3.05) is 5.32 Å². The standard InChI is InChI=1S/C10H12ClN3O2/c11-6-3-1-2-4-7(6)14-8(10(13)16)5-9(12)15/h1-4,8,14H,5H2,(H2,12,15)(H2,13,16). The summed E-state index contributed by atoms with van der Waals surface area (Å²) in [6, 6.07) is 5.99. The summed E-state index contributed by atoms with van der Waals surface area (Å²) in [6.07, 6.45) is -0.166. The monoisotopic (exact) mass is 241 g/mol. The maximum Gasteiger partial charge on any atom is 0.240 e. The molecule has 0 aliphatic carbocycles. The Bertz CT molecular complexity index is 409. The number of amides is 2. The molecule has 1 aromatic carbocycles. The number of rotatable bonds is 5. The Hall–Kier alpha value is -1.75. The number of primary amides is 2. The van der Waals surface area contributed by atoms with Crippen molar-refractivity contribution in [3.05, 3.63) is 29.3 Å². The third kappa shape index (κ3) is 3.43. The van der Waals surface area contributed by atoms with Gasteiger partial charge in [0.05, 0.1) is 17.1 Å². The summed E-state index contributed by atoms with van der Waals surface area (Å²) in [5.41, 5.74) is 10.7. The predicted molar refractivity (Wildman–Crippen MR) is 61.9 cm³/mol. The van der Waals surface area contributed by atoms with Crippen LogP contribution in [0.4, 0.5) is 5.69 Å². The quantitative estimate of drug-likeness (QED) is 0.699. The van der Waals surface area contributed by atoms with Gasteiger partial charge in [0.2, 0.25) is 11.8 Å². The number of hydrogen-bond acceptors (Lipinski definition) is 3. The second-order valence-electron chi connectivity index (χ2n) is 3.25. The minimum atomic E-state index is -0.850. The molecule has 1 unspecified atom stereocenters. The molecular formula is C10H12ClN3O2. The lowest BCUT2D eigenvalue weighted by molar-refractivity contribution is -0.123. The van der Waals surface area contributed by atoms with Crippen LogP contribution in [-0.2, 0) is 9.59 Å². The predicted octanol–water partition coefficient (Wildman–Crippen LogP) is 0.481. The van der Waals surface area contributed by atoms with Gasteiger partial charge in [-0.1, -0.05) is 23.7 Å². The molecule has 1 atom stereocenters.